The summed E-state index contributed by atoms with van der Waals surface area (Å²) in [6.45, 7) is 0.0513. The van der Waals surface area contributed by atoms with Gasteiger partial charge in [-0.25, -0.2) is 14.2 Å². The third-order valence-corrected chi connectivity index (χ3v) is 8.33. The smallest absolute Gasteiger partial charge is 0.312 e. The molecule has 5 atom stereocenters. The Morgan fingerprint density at radius 3 is 2.58 bits per heavy atom. The molecule has 2 bridgehead atoms. The van der Waals surface area contributed by atoms with Gasteiger partial charge < -0.3 is 10.2 Å². The maximum absolute atomic E-state index is 13.5. The molecule has 4 heterocycles. The molecule has 0 radical (unpaired) electrons. The van der Waals surface area contributed by atoms with Crippen molar-refractivity contribution in [1.82, 2.24) is 25.2 Å². The van der Waals surface area contributed by atoms with E-state index in [0.29, 0.717) is 30.2 Å². The highest BCUT2D eigenvalue weighted by atomic mass is 19.1. The van der Waals surface area contributed by atoms with Gasteiger partial charge in [0.05, 0.1) is 23.0 Å². The van der Waals surface area contributed by atoms with Crippen LogP contribution in [0.15, 0.2) is 49.1 Å². The molecule has 2 N–H and O–H groups in total. The summed E-state index contributed by atoms with van der Waals surface area (Å²) in [6.07, 6.45) is 10.9. The highest BCUT2D eigenvalue weighted by Gasteiger charge is 2.85. The van der Waals surface area contributed by atoms with Crippen LogP contribution in [0.3, 0.4) is 0 Å². The first kappa shape index (κ1) is 19.3. The summed E-state index contributed by atoms with van der Waals surface area (Å²) >= 11 is 0. The Morgan fingerprint density at radius 1 is 1.03 bits per heavy atom. The molecule has 7 nitrogen and oxygen atoms in total. The molecule has 2 saturated heterocycles. The molecular formula is C25H25FN6O. The molecule has 2 amide bonds. The lowest BCUT2D eigenvalue weighted by Gasteiger charge is -2.45. The molecule has 8 heteroatoms. The van der Waals surface area contributed by atoms with E-state index in [1.165, 1.54) is 0 Å². The summed E-state index contributed by atoms with van der Waals surface area (Å²) in [4.78, 5) is 28.7. The zero-order chi connectivity index (χ0) is 22.2. The van der Waals surface area contributed by atoms with E-state index < -0.39 is 0 Å². The second-order valence-electron chi connectivity index (χ2n) is 10.1. The van der Waals surface area contributed by atoms with Gasteiger partial charge in [-0.2, -0.15) is 0 Å². The van der Waals surface area contributed by atoms with Gasteiger partial charge in [-0.3, -0.25) is 15.3 Å². The first-order valence-corrected chi connectivity index (χ1v) is 11.7. The number of nitrogens with zero attached hydrogens (tertiary/aromatic N) is 4. The molecule has 7 rings (SSSR count). The zero-order valence-corrected chi connectivity index (χ0v) is 18.2. The van der Waals surface area contributed by atoms with Crippen LogP contribution >= 0.6 is 0 Å². The zero-order valence-electron chi connectivity index (χ0n) is 18.2. The number of rotatable bonds is 5. The lowest BCUT2D eigenvalue weighted by Crippen LogP contribution is -2.59. The maximum Gasteiger partial charge on any atom is 0.323 e. The Bertz CT molecular complexity index is 1240. The number of anilines is 1. The standard InChI is InChI=1S/C25H25FN6O/c26-3-4-28-18-9-24-11-19(24)20-12-25(20,10-18)32(24)23(33)31-22-8-17-7-15(1-2-16(17)13-30-22)21-14-27-5-6-29-21/h1-2,5-8,13-14,18-20,28H,3-4,9-12H2,(H,30,31,33)/t18?,19-,20?,24-,25?/m1/s1. The number of hydrogen-bond donors (Lipinski definition) is 2. The fourth-order valence-corrected chi connectivity index (χ4v) is 7.00. The third-order valence-electron chi connectivity index (χ3n) is 8.33. The molecule has 4 aliphatic rings. The predicted octanol–water partition coefficient (Wildman–Crippen LogP) is 3.78. The average Bonchev–Trinajstić information content (AvgIpc) is 3.71. The van der Waals surface area contributed by atoms with Crippen LogP contribution in [0.5, 0.6) is 0 Å². The highest BCUT2D eigenvalue weighted by molar-refractivity contribution is 5.94. The first-order valence-electron chi connectivity index (χ1n) is 11.7. The summed E-state index contributed by atoms with van der Waals surface area (Å²) in [5, 5.41) is 8.45. The summed E-state index contributed by atoms with van der Waals surface area (Å²) in [6, 6.07) is 8.25. The number of carbonyl (C=O) groups excluding carboxylic acids is 1. The summed E-state index contributed by atoms with van der Waals surface area (Å²) in [7, 11) is 0. The number of halogens is 1. The van der Waals surface area contributed by atoms with Crippen molar-refractivity contribution in [1.29, 1.82) is 0 Å². The van der Waals surface area contributed by atoms with Crippen LogP contribution in [0.4, 0.5) is 15.0 Å². The van der Waals surface area contributed by atoms with Gasteiger partial charge in [-0.1, -0.05) is 12.1 Å². The fourth-order valence-electron chi connectivity index (χ4n) is 7.00. The monoisotopic (exact) mass is 444 g/mol. The molecule has 2 aliphatic carbocycles. The number of urea groups is 1. The molecule has 168 valence electrons. The van der Waals surface area contributed by atoms with Crippen LogP contribution in [0.2, 0.25) is 0 Å². The quantitative estimate of drug-likeness (QED) is 0.626. The first-order chi connectivity index (χ1) is 16.1. The van der Waals surface area contributed by atoms with E-state index in [1.807, 2.05) is 24.3 Å². The van der Waals surface area contributed by atoms with Crippen molar-refractivity contribution in [2.75, 3.05) is 18.5 Å². The van der Waals surface area contributed by atoms with E-state index >= 15 is 0 Å². The van der Waals surface area contributed by atoms with Gasteiger partial charge >= 0.3 is 6.03 Å². The molecule has 1 aromatic carbocycles. The van der Waals surface area contributed by atoms with Crippen molar-refractivity contribution in [2.45, 2.75) is 42.8 Å². The van der Waals surface area contributed by atoms with Gasteiger partial charge in [0.25, 0.3) is 0 Å². The number of hydrogen-bond acceptors (Lipinski definition) is 5. The number of pyridine rings is 1. The largest absolute Gasteiger partial charge is 0.323 e. The molecule has 2 spiro atoms. The third kappa shape index (κ3) is 2.76. The normalized spacial score (nSPS) is 32.9. The van der Waals surface area contributed by atoms with Crippen molar-refractivity contribution >= 4 is 22.6 Å². The molecule has 2 aromatic heterocycles. The molecule has 33 heavy (non-hydrogen) atoms. The van der Waals surface area contributed by atoms with E-state index in [1.54, 1.807) is 24.8 Å². The number of alkyl halides is 1. The Kier molecular flexibility index (Phi) is 3.93. The van der Waals surface area contributed by atoms with Crippen molar-refractivity contribution in [2.24, 2.45) is 11.8 Å². The Balaban J connectivity index is 1.14. The number of amides is 2. The molecule has 2 saturated carbocycles. The van der Waals surface area contributed by atoms with Gasteiger partial charge in [-0.05, 0) is 55.0 Å². The summed E-state index contributed by atoms with van der Waals surface area (Å²) in [5.74, 6) is 1.78. The predicted molar refractivity (Wildman–Crippen MR) is 122 cm³/mol. The Hall–Kier alpha value is -3.13. The Morgan fingerprint density at radius 2 is 1.85 bits per heavy atom. The summed E-state index contributed by atoms with van der Waals surface area (Å²) in [5.41, 5.74) is 1.68. The highest BCUT2D eigenvalue weighted by Crippen LogP contribution is 2.80. The molecule has 3 aromatic rings. The lowest BCUT2D eigenvalue weighted by atomic mass is 9.89. The van der Waals surface area contributed by atoms with Crippen LogP contribution < -0.4 is 10.6 Å². The van der Waals surface area contributed by atoms with Crippen LogP contribution in [-0.2, 0) is 0 Å². The minimum absolute atomic E-state index is 0.0432. The van der Waals surface area contributed by atoms with Crippen LogP contribution in [-0.4, -0.2) is 56.2 Å². The molecule has 4 fully saturated rings. The number of nitrogens with one attached hydrogen (secondary N) is 2. The Labute approximate surface area is 190 Å². The van der Waals surface area contributed by atoms with E-state index in [4.69, 9.17) is 0 Å². The van der Waals surface area contributed by atoms with Crippen molar-refractivity contribution in [3.8, 4) is 11.3 Å². The molecule has 3 unspecified atom stereocenters. The average molecular weight is 445 g/mol. The number of aromatic nitrogens is 3. The van der Waals surface area contributed by atoms with Gasteiger partial charge in [0.1, 0.15) is 12.5 Å². The number of piperidine rings is 3. The van der Waals surface area contributed by atoms with Crippen LogP contribution in [0, 0.1) is 11.8 Å². The number of carbonyl (C=O) groups is 1. The molecular weight excluding hydrogens is 419 g/mol. The number of benzene rings is 1. The van der Waals surface area contributed by atoms with Crippen molar-refractivity contribution < 1.29 is 9.18 Å². The van der Waals surface area contributed by atoms with E-state index in [-0.39, 0.29) is 23.8 Å². The second-order valence-corrected chi connectivity index (χ2v) is 10.1. The van der Waals surface area contributed by atoms with E-state index in [9.17, 15) is 9.18 Å². The minimum Gasteiger partial charge on any atom is -0.312 e. The van der Waals surface area contributed by atoms with Gasteiger partial charge in [0, 0.05) is 42.1 Å². The van der Waals surface area contributed by atoms with Gasteiger partial charge in [0.15, 0.2) is 0 Å². The summed E-state index contributed by atoms with van der Waals surface area (Å²) < 4.78 is 12.7. The van der Waals surface area contributed by atoms with Crippen molar-refractivity contribution in [3.05, 3.63) is 49.1 Å². The van der Waals surface area contributed by atoms with Gasteiger partial charge in [-0.15, -0.1) is 0 Å². The lowest BCUT2D eigenvalue weighted by molar-refractivity contribution is 0.0857. The molecule has 2 aliphatic heterocycles. The second kappa shape index (κ2) is 6.70. The topological polar surface area (TPSA) is 83.0 Å². The van der Waals surface area contributed by atoms with Gasteiger partial charge in [0.2, 0.25) is 0 Å². The minimum atomic E-state index is -0.347. The van der Waals surface area contributed by atoms with E-state index in [0.717, 1.165) is 47.7 Å². The van der Waals surface area contributed by atoms with Crippen LogP contribution in [0.1, 0.15) is 25.7 Å². The maximum atomic E-state index is 13.5. The van der Waals surface area contributed by atoms with Crippen molar-refractivity contribution in [3.63, 3.8) is 0 Å². The van der Waals surface area contributed by atoms with Crippen LogP contribution in [0.25, 0.3) is 22.0 Å². The number of fused-ring (bicyclic) bond motifs is 2. The van der Waals surface area contributed by atoms with E-state index in [2.05, 4.69) is 30.5 Å². The fraction of sp³-hybridized carbons (Fsp3) is 0.440. The SMILES string of the molecule is O=C(Nc1cc2cc(-c3cnccn3)ccc2cn1)N1C23CC(NCCF)C[C@]14C[C@@H]4C2C3.